The predicted octanol–water partition coefficient (Wildman–Crippen LogP) is 7.75. The Morgan fingerprint density at radius 2 is 1.98 bits per heavy atom. The second kappa shape index (κ2) is 10.3. The quantitative estimate of drug-likeness (QED) is 0.221. The Balaban J connectivity index is 1.12. The Hall–Kier alpha value is -2.72. The average molecular weight is 603 g/mol. The number of rotatable bonds is 8. The van der Waals surface area contributed by atoms with Crippen LogP contribution >= 0.6 is 34.5 Å². The first kappa shape index (κ1) is 26.2. The van der Waals surface area contributed by atoms with Gasteiger partial charge in [-0.15, -0.1) is 0 Å². The van der Waals surface area contributed by atoms with Gasteiger partial charge in [-0.05, 0) is 62.4 Å². The third-order valence-corrected chi connectivity index (χ3v) is 10.0. The van der Waals surface area contributed by atoms with E-state index in [-0.39, 0.29) is 36.8 Å². The summed E-state index contributed by atoms with van der Waals surface area (Å²) in [4.78, 5) is 18.5. The minimum Gasteiger partial charge on any atom is -0.478 e. The van der Waals surface area contributed by atoms with E-state index in [4.69, 9.17) is 37.4 Å². The molecule has 1 saturated carbocycles. The number of thiazole rings is 1. The zero-order chi connectivity index (χ0) is 27.5. The fourth-order valence-corrected chi connectivity index (χ4v) is 7.97. The lowest BCUT2D eigenvalue weighted by molar-refractivity contribution is 0.0317. The van der Waals surface area contributed by atoms with Gasteiger partial charge in [0.05, 0.1) is 39.0 Å². The first-order valence-corrected chi connectivity index (χ1v) is 15.0. The van der Waals surface area contributed by atoms with Gasteiger partial charge in [-0.1, -0.05) is 45.8 Å². The molecule has 4 unspecified atom stereocenters. The number of piperidine rings is 1. The van der Waals surface area contributed by atoms with Crippen LogP contribution in [0.4, 0.5) is 9.52 Å². The molecule has 4 atom stereocenters. The molecule has 0 amide bonds. The van der Waals surface area contributed by atoms with Crippen molar-refractivity contribution in [2.45, 2.75) is 62.9 Å². The largest absolute Gasteiger partial charge is 0.478 e. The van der Waals surface area contributed by atoms with Gasteiger partial charge < -0.3 is 19.3 Å². The number of ether oxygens (including phenoxy) is 1. The predicted molar refractivity (Wildman–Crippen MR) is 152 cm³/mol. The number of hydrogen-bond donors (Lipinski definition) is 1. The van der Waals surface area contributed by atoms with Crippen molar-refractivity contribution >= 4 is 55.9 Å². The van der Waals surface area contributed by atoms with Crippen LogP contribution in [0.2, 0.25) is 10.0 Å². The van der Waals surface area contributed by atoms with Gasteiger partial charge in [0, 0.05) is 35.0 Å². The number of carbonyl (C=O) groups is 1. The Morgan fingerprint density at radius 1 is 1.18 bits per heavy atom. The molecule has 7 rings (SSSR count). The van der Waals surface area contributed by atoms with E-state index in [9.17, 15) is 9.90 Å². The molecule has 2 saturated heterocycles. The van der Waals surface area contributed by atoms with Crippen LogP contribution < -0.4 is 4.90 Å². The molecule has 0 spiro atoms. The van der Waals surface area contributed by atoms with Crippen LogP contribution in [0.15, 0.2) is 40.9 Å². The summed E-state index contributed by atoms with van der Waals surface area (Å²) in [7, 11) is 0. The van der Waals surface area contributed by atoms with E-state index < -0.39 is 12.1 Å². The molecular weight excluding hydrogens is 576 g/mol. The third kappa shape index (κ3) is 4.57. The van der Waals surface area contributed by atoms with Crippen molar-refractivity contribution < 1.29 is 23.6 Å². The van der Waals surface area contributed by atoms with E-state index in [2.05, 4.69) is 10.1 Å². The zero-order valence-corrected chi connectivity index (χ0v) is 23.7. The second-order valence-corrected chi connectivity index (χ2v) is 12.7. The van der Waals surface area contributed by atoms with Crippen molar-refractivity contribution in [1.82, 2.24) is 10.1 Å². The molecule has 2 aliphatic heterocycles. The average Bonchev–Trinajstić information content (AvgIpc) is 3.41. The second-order valence-electron chi connectivity index (χ2n) is 10.9. The molecule has 4 heterocycles. The first-order chi connectivity index (χ1) is 19.4. The molecule has 2 aromatic heterocycles. The maximum atomic E-state index is 15.5. The number of aromatic carboxylic acids is 1. The molecule has 4 aromatic rings. The highest BCUT2D eigenvalue weighted by Crippen LogP contribution is 2.48. The number of carboxylic acids is 1. The van der Waals surface area contributed by atoms with Gasteiger partial charge in [0.15, 0.2) is 5.13 Å². The highest BCUT2D eigenvalue weighted by Gasteiger charge is 2.48. The summed E-state index contributed by atoms with van der Waals surface area (Å²) in [5.74, 6) is -0.192. The Morgan fingerprint density at radius 3 is 2.73 bits per heavy atom. The number of benzene rings is 2. The fraction of sp³-hybridized carbons (Fsp3) is 0.414. The van der Waals surface area contributed by atoms with Gasteiger partial charge >= 0.3 is 5.97 Å². The Labute approximate surface area is 243 Å². The molecule has 0 radical (unpaired) electrons. The molecule has 7 nitrogen and oxygen atoms in total. The molecule has 2 aromatic carbocycles. The van der Waals surface area contributed by atoms with Gasteiger partial charge in [-0.25, -0.2) is 14.2 Å². The number of nitrogens with zero attached hydrogens (tertiary/aromatic N) is 3. The topological polar surface area (TPSA) is 88.7 Å². The van der Waals surface area contributed by atoms with Crippen LogP contribution in [0, 0.1) is 5.92 Å². The zero-order valence-electron chi connectivity index (χ0n) is 21.4. The number of halogens is 3. The van der Waals surface area contributed by atoms with E-state index in [1.165, 1.54) is 11.3 Å². The lowest BCUT2D eigenvalue weighted by atomic mass is 9.89. The standard InChI is InChI=1S/C29H26Cl2FN3O4S/c30-19-2-1-3-20(31)25(19)26-18(27(39-34-26)14-4-5-14)13-38-12-17-21(32)11-16-7-9-23(17)35(16)29-33-22-8-6-15(28(36)37)10-24(22)40-29/h1-3,6,8,10,14,16-17,21,23H,4-5,7,9,11-13H2,(H,36,37). The van der Waals surface area contributed by atoms with E-state index in [0.29, 0.717) is 33.6 Å². The van der Waals surface area contributed by atoms with Gasteiger partial charge in [-0.2, -0.15) is 0 Å². The smallest absolute Gasteiger partial charge is 0.335 e. The van der Waals surface area contributed by atoms with Crippen LogP contribution in [0.3, 0.4) is 0 Å². The van der Waals surface area contributed by atoms with Gasteiger partial charge in [0.1, 0.15) is 17.6 Å². The molecule has 2 bridgehead atoms. The third-order valence-electron chi connectivity index (χ3n) is 8.37. The molecule has 3 fully saturated rings. The Kier molecular flexibility index (Phi) is 6.73. The molecule has 3 aliphatic rings. The summed E-state index contributed by atoms with van der Waals surface area (Å²) in [5, 5.41) is 15.5. The molecule has 40 heavy (non-hydrogen) atoms. The molecule has 1 aliphatic carbocycles. The number of hydrogen-bond acceptors (Lipinski definition) is 7. The van der Waals surface area contributed by atoms with E-state index in [1.54, 1.807) is 36.4 Å². The van der Waals surface area contributed by atoms with Crippen LogP contribution in [-0.2, 0) is 11.3 Å². The lowest BCUT2D eigenvalue weighted by Gasteiger charge is -2.41. The highest BCUT2D eigenvalue weighted by molar-refractivity contribution is 7.22. The van der Waals surface area contributed by atoms with Crippen LogP contribution in [0.1, 0.15) is 59.7 Å². The summed E-state index contributed by atoms with van der Waals surface area (Å²) >= 11 is 14.4. The van der Waals surface area contributed by atoms with E-state index in [0.717, 1.165) is 52.4 Å². The molecule has 1 N–H and O–H groups in total. The number of alkyl halides is 1. The number of aromatic nitrogens is 2. The maximum Gasteiger partial charge on any atom is 0.335 e. The summed E-state index contributed by atoms with van der Waals surface area (Å²) in [6.45, 7) is 0.471. The maximum absolute atomic E-state index is 15.5. The van der Waals surface area contributed by atoms with Crippen LogP contribution in [0.25, 0.3) is 21.5 Å². The summed E-state index contributed by atoms with van der Waals surface area (Å²) in [5.41, 5.74) is 3.01. The number of anilines is 1. The van der Waals surface area contributed by atoms with Crippen molar-refractivity contribution in [3.8, 4) is 11.3 Å². The van der Waals surface area contributed by atoms with E-state index >= 15 is 4.39 Å². The first-order valence-electron chi connectivity index (χ1n) is 13.5. The number of fused-ring (bicyclic) bond motifs is 3. The molecule has 208 valence electrons. The van der Waals surface area contributed by atoms with Gasteiger partial charge in [0.25, 0.3) is 0 Å². The van der Waals surface area contributed by atoms with Crippen LogP contribution in [-0.4, -0.2) is 46.1 Å². The van der Waals surface area contributed by atoms with Crippen molar-refractivity contribution in [2.24, 2.45) is 5.92 Å². The summed E-state index contributed by atoms with van der Waals surface area (Å²) in [6.07, 6.45) is 3.25. The summed E-state index contributed by atoms with van der Waals surface area (Å²) in [6, 6.07) is 10.3. The Bertz CT molecular complexity index is 1590. The van der Waals surface area contributed by atoms with Gasteiger partial charge in [-0.3, -0.25) is 0 Å². The summed E-state index contributed by atoms with van der Waals surface area (Å²) < 4.78 is 28.3. The highest BCUT2D eigenvalue weighted by atomic mass is 35.5. The minimum absolute atomic E-state index is 0.0453. The molecular formula is C29H26Cl2FN3O4S. The minimum atomic E-state index is -0.982. The SMILES string of the molecule is O=C(O)c1ccc2nc(N3C4CCC3C(COCc3c(-c5c(Cl)cccc5Cl)noc3C3CC3)C(F)C4)sc2c1. The lowest BCUT2D eigenvalue weighted by Crippen LogP contribution is -2.51. The van der Waals surface area contributed by atoms with E-state index in [1.807, 2.05) is 0 Å². The fourth-order valence-electron chi connectivity index (χ4n) is 6.25. The van der Waals surface area contributed by atoms with Crippen molar-refractivity contribution in [1.29, 1.82) is 0 Å². The molecule has 11 heteroatoms. The monoisotopic (exact) mass is 601 g/mol. The normalized spacial score (nSPS) is 24.2. The van der Waals surface area contributed by atoms with Crippen molar-refractivity contribution in [3.05, 3.63) is 63.3 Å². The van der Waals surface area contributed by atoms with Crippen molar-refractivity contribution in [2.75, 3.05) is 11.5 Å². The van der Waals surface area contributed by atoms with Crippen LogP contribution in [0.5, 0.6) is 0 Å². The van der Waals surface area contributed by atoms with Crippen molar-refractivity contribution in [3.63, 3.8) is 0 Å². The van der Waals surface area contributed by atoms with Gasteiger partial charge in [0.2, 0.25) is 0 Å². The number of carboxylic acid groups (broad SMARTS) is 1.